The summed E-state index contributed by atoms with van der Waals surface area (Å²) in [4.78, 5) is 17.4. The Morgan fingerprint density at radius 3 is 2.84 bits per heavy atom. The molecule has 0 spiro atoms. The van der Waals surface area contributed by atoms with Gasteiger partial charge in [0.15, 0.2) is 5.82 Å². The van der Waals surface area contributed by atoms with E-state index in [1.54, 1.807) is 0 Å². The van der Waals surface area contributed by atoms with Gasteiger partial charge in [-0.1, -0.05) is 11.6 Å². The van der Waals surface area contributed by atoms with Crippen molar-refractivity contribution in [3.05, 3.63) is 28.5 Å². The first-order valence-electron chi connectivity index (χ1n) is 14.7. The molecule has 8 rings (SSSR count). The lowest BCUT2D eigenvalue weighted by atomic mass is 9.95. The molecule has 2 bridgehead atoms. The van der Waals surface area contributed by atoms with Gasteiger partial charge < -0.3 is 24.8 Å². The van der Waals surface area contributed by atoms with Crippen molar-refractivity contribution < 1.29 is 36.5 Å². The first-order valence-corrected chi connectivity index (χ1v) is 15.1. The number of phenols is 1. The summed E-state index contributed by atoms with van der Waals surface area (Å²) in [5.41, 5.74) is -3.70. The maximum absolute atomic E-state index is 16.6. The van der Waals surface area contributed by atoms with Gasteiger partial charge in [-0.05, 0) is 44.4 Å². The topological polar surface area (TPSA) is 95.9 Å². The zero-order valence-electron chi connectivity index (χ0n) is 23.3. The minimum absolute atomic E-state index is 0.0504. The first-order chi connectivity index (χ1) is 21.0. The summed E-state index contributed by atoms with van der Waals surface area (Å²) < 4.78 is 85.8. The normalized spacial score (nSPS) is 29.5. The number of aromatic nitrogens is 3. The highest BCUT2D eigenvalue weighted by atomic mass is 35.5. The van der Waals surface area contributed by atoms with Crippen LogP contribution in [0.2, 0.25) is 5.02 Å². The Balaban J connectivity index is 1.31. The molecule has 4 saturated heterocycles. The van der Waals surface area contributed by atoms with Crippen molar-refractivity contribution in [3.8, 4) is 28.9 Å². The van der Waals surface area contributed by atoms with Gasteiger partial charge in [0.2, 0.25) is 5.88 Å². The maximum Gasteiger partial charge on any atom is 0.418 e. The minimum atomic E-state index is -4.99. The molecule has 1 aromatic carbocycles. The van der Waals surface area contributed by atoms with Crippen LogP contribution in [-0.4, -0.2) is 87.6 Å². The van der Waals surface area contributed by atoms with Crippen molar-refractivity contribution in [3.63, 3.8) is 0 Å². The van der Waals surface area contributed by atoms with Crippen LogP contribution in [0, 0.1) is 5.82 Å². The van der Waals surface area contributed by atoms with Crippen molar-refractivity contribution >= 4 is 28.3 Å². The van der Waals surface area contributed by atoms with E-state index in [2.05, 4.69) is 20.2 Å². The number of hydrogen-bond donors (Lipinski definition) is 2. The van der Waals surface area contributed by atoms with Crippen LogP contribution in [-0.2, 0) is 6.18 Å². The Morgan fingerprint density at radius 1 is 1.18 bits per heavy atom. The van der Waals surface area contributed by atoms with E-state index in [0.717, 1.165) is 44.4 Å². The van der Waals surface area contributed by atoms with E-state index in [0.29, 0.717) is 25.3 Å². The van der Waals surface area contributed by atoms with Crippen LogP contribution in [0.25, 0.3) is 22.2 Å². The fourth-order valence-electron chi connectivity index (χ4n) is 7.88. The van der Waals surface area contributed by atoms with Crippen LogP contribution in [0.1, 0.15) is 37.7 Å². The number of nitrogens with zero attached hydrogens (tertiary/aromatic N) is 5. The third kappa shape index (κ3) is 4.35. The fraction of sp³-hybridized carbons (Fsp3) is 0.552. The molecule has 5 aliphatic rings. The number of phenolic OH excluding ortho intramolecular Hbond substituents is 1. The monoisotopic (exact) mass is 638 g/mol. The van der Waals surface area contributed by atoms with Gasteiger partial charge in [-0.15, -0.1) is 0 Å². The largest absolute Gasteiger partial charge is 0.508 e. The third-order valence-electron chi connectivity index (χ3n) is 9.78. The molecule has 0 amide bonds. The summed E-state index contributed by atoms with van der Waals surface area (Å²) in [6, 6.07) is 1.33. The highest BCUT2D eigenvalue weighted by molar-refractivity contribution is 6.32. The number of ether oxygens (including phenoxy) is 2. The number of hydrogen-bond acceptors (Lipinski definition) is 9. The molecule has 4 fully saturated rings. The number of fused-ring (bicyclic) bond motifs is 6. The van der Waals surface area contributed by atoms with Crippen LogP contribution in [0.4, 0.5) is 27.8 Å². The molecule has 7 heterocycles. The Hall–Kier alpha value is -3.23. The maximum atomic E-state index is 16.6. The van der Waals surface area contributed by atoms with E-state index in [1.165, 1.54) is 0 Å². The molecular weight excluding hydrogens is 611 g/mol. The van der Waals surface area contributed by atoms with Crippen LogP contribution >= 0.6 is 11.6 Å². The second kappa shape index (κ2) is 9.88. The zero-order chi connectivity index (χ0) is 30.5. The van der Waals surface area contributed by atoms with Gasteiger partial charge in [-0.25, -0.2) is 13.8 Å². The lowest BCUT2D eigenvalue weighted by molar-refractivity contribution is -0.137. The summed E-state index contributed by atoms with van der Waals surface area (Å²) in [7, 11) is 0. The summed E-state index contributed by atoms with van der Waals surface area (Å²) in [6.45, 7) is 1.80. The van der Waals surface area contributed by atoms with Crippen molar-refractivity contribution in [2.75, 3.05) is 37.7 Å². The van der Waals surface area contributed by atoms with Crippen LogP contribution in [0.5, 0.6) is 17.6 Å². The van der Waals surface area contributed by atoms with E-state index >= 15 is 4.39 Å². The number of piperazine rings is 1. The number of aromatic hydroxyl groups is 1. The third-order valence-corrected chi connectivity index (χ3v) is 10.1. The number of rotatable bonds is 4. The molecule has 3 aromatic rings. The lowest BCUT2D eigenvalue weighted by Crippen LogP contribution is -2.60. The smallest absolute Gasteiger partial charge is 0.418 e. The van der Waals surface area contributed by atoms with Gasteiger partial charge in [-0.2, -0.15) is 23.1 Å². The molecule has 5 atom stereocenters. The molecule has 44 heavy (non-hydrogen) atoms. The summed E-state index contributed by atoms with van der Waals surface area (Å²) >= 11 is 5.93. The molecule has 0 aliphatic carbocycles. The van der Waals surface area contributed by atoms with Crippen LogP contribution in [0.3, 0.4) is 0 Å². The van der Waals surface area contributed by atoms with Gasteiger partial charge in [0, 0.05) is 37.2 Å². The highest BCUT2D eigenvalue weighted by Crippen LogP contribution is 2.48. The predicted octanol–water partition coefficient (Wildman–Crippen LogP) is 4.87. The molecule has 0 radical (unpaired) electrons. The Bertz CT molecular complexity index is 1680. The summed E-state index contributed by atoms with van der Waals surface area (Å²) in [5.74, 6) is -1.58. The van der Waals surface area contributed by atoms with Gasteiger partial charge in [0.25, 0.3) is 0 Å². The number of pyridine rings is 1. The summed E-state index contributed by atoms with van der Waals surface area (Å²) in [6.07, 6.45) is -2.22. The second-order valence-electron chi connectivity index (χ2n) is 12.4. The molecule has 0 saturated carbocycles. The first kappa shape index (κ1) is 28.3. The van der Waals surface area contributed by atoms with E-state index < -0.39 is 51.3 Å². The average molecular weight is 639 g/mol. The Labute approximate surface area is 253 Å². The summed E-state index contributed by atoms with van der Waals surface area (Å²) in [5, 5.41) is 13.0. The van der Waals surface area contributed by atoms with E-state index in [4.69, 9.17) is 26.1 Å². The molecule has 2 N–H and O–H groups in total. The van der Waals surface area contributed by atoms with E-state index in [9.17, 15) is 22.7 Å². The highest BCUT2D eigenvalue weighted by Gasteiger charge is 2.50. The Morgan fingerprint density at radius 2 is 2.02 bits per heavy atom. The van der Waals surface area contributed by atoms with Crippen molar-refractivity contribution in [1.29, 1.82) is 0 Å². The number of nitrogens with one attached hydrogen (secondary N) is 1. The molecule has 9 nitrogen and oxygen atoms in total. The number of alkyl halides is 4. The zero-order valence-corrected chi connectivity index (χ0v) is 24.1. The van der Waals surface area contributed by atoms with Gasteiger partial charge >= 0.3 is 12.2 Å². The standard InChI is InChI=1S/C29H28ClF5N6O3/c30-17-7-15(42)6-16(21(17)29(33,34)35)23-22(32)24-20-25(41-10-14-2-3-18(36-14)19(41)11-43-26(20)37-23)39-27(38-24)44-12-28-4-1-5-40(28)9-13(31)8-28/h6-7,13-14,18-19,36,42H,1-5,8-12H2/t13-,14?,18?,19?,28+/m1/s1. The number of halogens is 6. The Kier molecular flexibility index (Phi) is 6.35. The molecule has 5 aliphatic heterocycles. The molecular formula is C29H28ClF5N6O3. The SMILES string of the molecule is Oc1cc(Cl)c(C(F)(F)F)c(-c2nc3c4c(nc(OC[C@@]56CCCN5C[C@H](F)C6)nc4c2F)N2CC4CCC(N4)C2CO3)c1. The van der Waals surface area contributed by atoms with E-state index in [1.807, 2.05) is 4.90 Å². The van der Waals surface area contributed by atoms with Crippen LogP contribution in [0.15, 0.2) is 12.1 Å². The van der Waals surface area contributed by atoms with Gasteiger partial charge in [-0.3, -0.25) is 4.90 Å². The number of anilines is 1. The predicted molar refractivity (Wildman–Crippen MR) is 150 cm³/mol. The van der Waals surface area contributed by atoms with Crippen molar-refractivity contribution in [2.45, 2.75) is 68.1 Å². The molecule has 15 heteroatoms. The van der Waals surface area contributed by atoms with Crippen molar-refractivity contribution in [1.82, 2.24) is 25.2 Å². The van der Waals surface area contributed by atoms with E-state index in [-0.39, 0.29) is 54.1 Å². The van der Waals surface area contributed by atoms with Gasteiger partial charge in [0.05, 0.1) is 22.2 Å². The molecule has 3 unspecified atom stereocenters. The van der Waals surface area contributed by atoms with Crippen molar-refractivity contribution in [2.24, 2.45) is 0 Å². The lowest BCUT2D eigenvalue weighted by Gasteiger charge is -2.40. The fourth-order valence-corrected chi connectivity index (χ4v) is 8.20. The number of benzene rings is 1. The molecule has 234 valence electrons. The minimum Gasteiger partial charge on any atom is -0.508 e. The quantitative estimate of drug-likeness (QED) is 0.388. The molecule has 2 aromatic heterocycles. The van der Waals surface area contributed by atoms with Crippen LogP contribution < -0.4 is 19.7 Å². The average Bonchev–Trinajstić information content (AvgIpc) is 3.59. The second-order valence-corrected chi connectivity index (χ2v) is 12.8. The van der Waals surface area contributed by atoms with Gasteiger partial charge in [0.1, 0.15) is 47.5 Å².